The van der Waals surface area contributed by atoms with Crippen molar-refractivity contribution in [1.29, 1.82) is 0 Å². The summed E-state index contributed by atoms with van der Waals surface area (Å²) in [6, 6.07) is 0. The van der Waals surface area contributed by atoms with Gasteiger partial charge in [-0.05, 0) is 0 Å². The SMILES string of the molecule is CN(CCC(N)=S)C(=O)COC(C(F)(F)F)C(F)(F)F. The van der Waals surface area contributed by atoms with E-state index < -0.39 is 31.0 Å². The van der Waals surface area contributed by atoms with Crippen LogP contribution >= 0.6 is 12.2 Å². The second-order valence-electron chi connectivity index (χ2n) is 3.81. The average molecular weight is 326 g/mol. The van der Waals surface area contributed by atoms with Crippen LogP contribution in [0.25, 0.3) is 0 Å². The summed E-state index contributed by atoms with van der Waals surface area (Å²) in [5, 5.41) is 0. The number of ether oxygens (including phenoxy) is 1. The summed E-state index contributed by atoms with van der Waals surface area (Å²) >= 11 is 4.52. The molecule has 11 heteroatoms. The molecule has 0 aromatic rings. The van der Waals surface area contributed by atoms with Crippen molar-refractivity contribution in [2.75, 3.05) is 20.2 Å². The van der Waals surface area contributed by atoms with Crippen LogP contribution in [0.5, 0.6) is 0 Å². The molecule has 0 radical (unpaired) electrons. The van der Waals surface area contributed by atoms with Crippen LogP contribution in [-0.4, -0.2) is 54.5 Å². The molecule has 118 valence electrons. The van der Waals surface area contributed by atoms with Gasteiger partial charge in [0.2, 0.25) is 12.0 Å². The van der Waals surface area contributed by atoms with Gasteiger partial charge in [-0.3, -0.25) is 4.79 Å². The summed E-state index contributed by atoms with van der Waals surface area (Å²) in [6.45, 7) is -1.38. The van der Waals surface area contributed by atoms with Crippen molar-refractivity contribution >= 4 is 23.1 Å². The second kappa shape index (κ2) is 7.07. The van der Waals surface area contributed by atoms with E-state index in [0.717, 1.165) is 4.90 Å². The van der Waals surface area contributed by atoms with Crippen LogP contribution in [0.15, 0.2) is 0 Å². The number of carbonyl (C=O) groups is 1. The Balaban J connectivity index is 4.49. The largest absolute Gasteiger partial charge is 0.423 e. The van der Waals surface area contributed by atoms with Gasteiger partial charge in [-0.2, -0.15) is 26.3 Å². The number of likely N-dealkylation sites (N-methyl/N-ethyl adjacent to an activating group) is 1. The summed E-state index contributed by atoms with van der Waals surface area (Å²) in [4.78, 5) is 12.2. The molecule has 0 spiro atoms. The number of alkyl halides is 6. The third-order valence-electron chi connectivity index (χ3n) is 2.09. The lowest BCUT2D eigenvalue weighted by Gasteiger charge is -2.24. The number of nitrogens with zero attached hydrogens (tertiary/aromatic N) is 1. The minimum Gasteiger partial charge on any atom is -0.393 e. The fraction of sp³-hybridized carbons (Fsp3) is 0.778. The number of rotatable bonds is 6. The maximum Gasteiger partial charge on any atom is 0.423 e. The standard InChI is InChI=1S/C9H12F6N2O2S/c1-17(3-2-5(16)20)6(18)4-19-7(8(10,11)12)9(13,14)15/h7H,2-4H2,1H3,(H2,16,20). The van der Waals surface area contributed by atoms with Gasteiger partial charge in [-0.15, -0.1) is 0 Å². The quantitative estimate of drug-likeness (QED) is 0.595. The maximum atomic E-state index is 12.1. The Morgan fingerprint density at radius 3 is 2.05 bits per heavy atom. The molecule has 0 rings (SSSR count). The van der Waals surface area contributed by atoms with E-state index in [1.807, 2.05) is 0 Å². The van der Waals surface area contributed by atoms with Gasteiger partial charge < -0.3 is 15.4 Å². The molecule has 0 saturated heterocycles. The molecule has 0 saturated carbocycles. The van der Waals surface area contributed by atoms with Crippen molar-refractivity contribution in [2.24, 2.45) is 5.73 Å². The Hall–Kier alpha value is -1.10. The first-order chi connectivity index (χ1) is 8.85. The number of hydrogen-bond donors (Lipinski definition) is 1. The van der Waals surface area contributed by atoms with Crippen molar-refractivity contribution in [3.05, 3.63) is 0 Å². The highest BCUT2D eigenvalue weighted by Crippen LogP contribution is 2.35. The van der Waals surface area contributed by atoms with E-state index in [1.165, 1.54) is 7.05 Å². The van der Waals surface area contributed by atoms with E-state index >= 15 is 0 Å². The second-order valence-corrected chi connectivity index (χ2v) is 4.33. The van der Waals surface area contributed by atoms with Gasteiger partial charge in [0.1, 0.15) is 6.61 Å². The number of hydrogen-bond acceptors (Lipinski definition) is 3. The number of amides is 1. The molecule has 0 aromatic carbocycles. The lowest BCUT2D eigenvalue weighted by Crippen LogP contribution is -2.46. The van der Waals surface area contributed by atoms with E-state index in [4.69, 9.17) is 5.73 Å². The average Bonchev–Trinajstić information content (AvgIpc) is 2.21. The van der Waals surface area contributed by atoms with Crippen molar-refractivity contribution < 1.29 is 35.9 Å². The number of thiocarbonyl (C=S) groups is 1. The van der Waals surface area contributed by atoms with Crippen molar-refractivity contribution in [3.8, 4) is 0 Å². The number of carbonyl (C=O) groups excluding carboxylic acids is 1. The third kappa shape index (κ3) is 6.89. The molecule has 2 N–H and O–H groups in total. The first-order valence-corrected chi connectivity index (χ1v) is 5.53. The Bertz CT molecular complexity index is 343. The van der Waals surface area contributed by atoms with Gasteiger partial charge in [0.15, 0.2) is 0 Å². The van der Waals surface area contributed by atoms with E-state index in [0.29, 0.717) is 0 Å². The molecule has 20 heavy (non-hydrogen) atoms. The topological polar surface area (TPSA) is 55.6 Å². The molecule has 0 aliphatic carbocycles. The van der Waals surface area contributed by atoms with Gasteiger partial charge >= 0.3 is 12.4 Å². The molecule has 0 heterocycles. The minimum absolute atomic E-state index is 0.0276. The highest BCUT2D eigenvalue weighted by atomic mass is 32.1. The van der Waals surface area contributed by atoms with Crippen molar-refractivity contribution in [2.45, 2.75) is 24.9 Å². The van der Waals surface area contributed by atoms with Gasteiger partial charge in [0.05, 0.1) is 4.99 Å². The van der Waals surface area contributed by atoms with Crippen LogP contribution in [0.1, 0.15) is 6.42 Å². The summed E-state index contributed by atoms with van der Waals surface area (Å²) in [7, 11) is 1.18. The molecule has 4 nitrogen and oxygen atoms in total. The molecule has 0 bridgehead atoms. The zero-order valence-corrected chi connectivity index (χ0v) is 11.0. The van der Waals surface area contributed by atoms with Gasteiger partial charge in [0, 0.05) is 20.0 Å². The van der Waals surface area contributed by atoms with Crippen LogP contribution < -0.4 is 5.73 Å². The van der Waals surface area contributed by atoms with Crippen LogP contribution in [0, 0.1) is 0 Å². The smallest absolute Gasteiger partial charge is 0.393 e. The maximum absolute atomic E-state index is 12.1. The molecule has 0 atom stereocenters. The molecular formula is C9H12F6N2O2S. The summed E-state index contributed by atoms with van der Waals surface area (Å²) in [5.41, 5.74) is 5.14. The Morgan fingerprint density at radius 1 is 1.25 bits per heavy atom. The zero-order chi connectivity index (χ0) is 16.1. The van der Waals surface area contributed by atoms with Crippen LogP contribution in [-0.2, 0) is 9.53 Å². The fourth-order valence-corrected chi connectivity index (χ4v) is 1.13. The fourth-order valence-electron chi connectivity index (χ4n) is 1.04. The highest BCUT2D eigenvalue weighted by Gasteiger charge is 2.58. The molecule has 0 unspecified atom stereocenters. The first-order valence-electron chi connectivity index (χ1n) is 5.13. The Kier molecular flexibility index (Phi) is 6.68. The van der Waals surface area contributed by atoms with Gasteiger partial charge in [-0.25, -0.2) is 0 Å². The minimum atomic E-state index is -5.64. The van der Waals surface area contributed by atoms with Gasteiger partial charge in [-0.1, -0.05) is 12.2 Å². The number of halogens is 6. The summed E-state index contributed by atoms with van der Waals surface area (Å²) < 4.78 is 76.4. The van der Waals surface area contributed by atoms with Crippen LogP contribution in [0.4, 0.5) is 26.3 Å². The lowest BCUT2D eigenvalue weighted by molar-refractivity contribution is -0.320. The monoisotopic (exact) mass is 326 g/mol. The summed E-state index contributed by atoms with van der Waals surface area (Å²) in [5.74, 6) is -1.04. The predicted octanol–water partition coefficient (Wildman–Crippen LogP) is 1.63. The molecule has 0 aliphatic rings. The molecule has 0 fully saturated rings. The van der Waals surface area contributed by atoms with Crippen LogP contribution in [0.3, 0.4) is 0 Å². The first kappa shape index (κ1) is 18.9. The van der Waals surface area contributed by atoms with Crippen LogP contribution in [0.2, 0.25) is 0 Å². The van der Waals surface area contributed by atoms with E-state index in [-0.39, 0.29) is 18.0 Å². The lowest BCUT2D eigenvalue weighted by atomic mass is 10.3. The predicted molar refractivity (Wildman–Crippen MR) is 60.9 cm³/mol. The van der Waals surface area contributed by atoms with Crippen molar-refractivity contribution in [1.82, 2.24) is 4.90 Å². The normalized spacial score (nSPS) is 12.6. The van der Waals surface area contributed by atoms with E-state index in [9.17, 15) is 31.1 Å². The molecule has 0 aliphatic heterocycles. The van der Waals surface area contributed by atoms with E-state index in [1.54, 1.807) is 0 Å². The van der Waals surface area contributed by atoms with Crippen molar-refractivity contribution in [3.63, 3.8) is 0 Å². The Morgan fingerprint density at radius 2 is 1.70 bits per heavy atom. The van der Waals surface area contributed by atoms with Gasteiger partial charge in [0.25, 0.3) is 0 Å². The summed E-state index contributed by atoms with van der Waals surface area (Å²) in [6.07, 6.45) is -15.2. The van der Waals surface area contributed by atoms with E-state index in [2.05, 4.69) is 17.0 Å². The zero-order valence-electron chi connectivity index (χ0n) is 10.2. The number of nitrogens with two attached hydrogens (primary N) is 1. The third-order valence-corrected chi connectivity index (χ3v) is 2.29. The Labute approximate surface area is 115 Å². The highest BCUT2D eigenvalue weighted by molar-refractivity contribution is 7.80. The molecule has 0 aromatic heterocycles. The molecule has 1 amide bonds. The molecular weight excluding hydrogens is 314 g/mol.